The zero-order valence-electron chi connectivity index (χ0n) is 19.8. The Morgan fingerprint density at radius 3 is 2.06 bits per heavy atom. The van der Waals surface area contributed by atoms with Crippen LogP contribution in [-0.4, -0.2) is 43.8 Å². The van der Waals surface area contributed by atoms with Crippen molar-refractivity contribution in [3.63, 3.8) is 0 Å². The van der Waals surface area contributed by atoms with Crippen LogP contribution in [0, 0.1) is 0 Å². The van der Waals surface area contributed by atoms with Gasteiger partial charge in [-0.2, -0.15) is 8.42 Å². The van der Waals surface area contributed by atoms with E-state index in [2.05, 4.69) is 0 Å². The van der Waals surface area contributed by atoms with Crippen LogP contribution in [0.15, 0.2) is 91.0 Å². The number of hydrogen-bond donors (Lipinski definition) is 0. The number of cyclic esters (lactones) is 1. The maximum atomic E-state index is 13.6. The Hall–Kier alpha value is -3.69. The summed E-state index contributed by atoms with van der Waals surface area (Å²) in [6.45, 7) is -0.322. The fraction of sp³-hybridized carbons (Fsp3) is 0.259. The molecule has 3 aromatic rings. The third-order valence-electron chi connectivity index (χ3n) is 5.93. The first-order chi connectivity index (χ1) is 17.3. The lowest BCUT2D eigenvalue weighted by Gasteiger charge is -2.35. The largest absolute Gasteiger partial charge is 0.444 e. The predicted octanol–water partition coefficient (Wildman–Crippen LogP) is 4.23. The van der Waals surface area contributed by atoms with E-state index in [0.29, 0.717) is 5.56 Å². The van der Waals surface area contributed by atoms with Crippen molar-refractivity contribution >= 4 is 22.2 Å². The molecule has 0 N–H and O–H groups in total. The van der Waals surface area contributed by atoms with E-state index < -0.39 is 33.9 Å². The lowest BCUT2D eigenvalue weighted by atomic mass is 9.86. The van der Waals surface area contributed by atoms with Gasteiger partial charge in [0.2, 0.25) is 6.23 Å². The van der Waals surface area contributed by atoms with E-state index in [1.807, 2.05) is 66.7 Å². The Kier molecular flexibility index (Phi) is 7.71. The quantitative estimate of drug-likeness (QED) is 0.314. The molecule has 3 aromatic carbocycles. The number of benzene rings is 3. The molecule has 188 valence electrons. The summed E-state index contributed by atoms with van der Waals surface area (Å²) in [4.78, 5) is 28.5. The van der Waals surface area contributed by atoms with Gasteiger partial charge < -0.3 is 9.47 Å². The average molecular weight is 510 g/mol. The smallest absolute Gasteiger partial charge is 0.414 e. The zero-order chi connectivity index (χ0) is 25.6. The molecule has 2 atom stereocenters. The first-order valence-electron chi connectivity index (χ1n) is 11.4. The zero-order valence-corrected chi connectivity index (χ0v) is 20.6. The normalized spacial score (nSPS) is 19.6. The summed E-state index contributed by atoms with van der Waals surface area (Å²) < 4.78 is 39.8. The van der Waals surface area contributed by atoms with Gasteiger partial charge in [0.1, 0.15) is 6.61 Å². The van der Waals surface area contributed by atoms with Crippen LogP contribution in [0.25, 0.3) is 0 Å². The van der Waals surface area contributed by atoms with Crippen LogP contribution < -0.4 is 0 Å². The predicted molar refractivity (Wildman–Crippen MR) is 132 cm³/mol. The number of carbonyl (C=O) groups excluding carboxylic acids is 2. The molecule has 1 heterocycles. The number of ether oxygens (including phenoxy) is 2. The minimum atomic E-state index is -3.77. The fourth-order valence-electron chi connectivity index (χ4n) is 4.24. The highest BCUT2D eigenvalue weighted by molar-refractivity contribution is 7.85. The molecule has 0 spiro atoms. The molecule has 0 aromatic heterocycles. The van der Waals surface area contributed by atoms with Gasteiger partial charge in [0.15, 0.2) is 5.54 Å². The van der Waals surface area contributed by atoms with Gasteiger partial charge in [-0.3, -0.25) is 9.08 Å². The topological polar surface area (TPSA) is 99.2 Å². The molecule has 0 unspecified atom stereocenters. The maximum Gasteiger partial charge on any atom is 0.414 e. The molecule has 1 aliphatic heterocycles. The van der Waals surface area contributed by atoms with E-state index in [-0.39, 0.29) is 26.1 Å². The van der Waals surface area contributed by atoms with E-state index >= 15 is 0 Å². The van der Waals surface area contributed by atoms with Crippen molar-refractivity contribution in [1.82, 2.24) is 4.90 Å². The van der Waals surface area contributed by atoms with Gasteiger partial charge in [-0.05, 0) is 11.1 Å². The fourth-order valence-corrected chi connectivity index (χ4v) is 4.63. The lowest BCUT2D eigenvalue weighted by Crippen LogP contribution is -2.54. The molecular weight excluding hydrogens is 482 g/mol. The molecule has 36 heavy (non-hydrogen) atoms. The van der Waals surface area contributed by atoms with Crippen LogP contribution in [0.1, 0.15) is 29.3 Å². The third kappa shape index (κ3) is 5.92. The van der Waals surface area contributed by atoms with E-state index in [9.17, 15) is 18.0 Å². The van der Waals surface area contributed by atoms with Crippen molar-refractivity contribution in [2.45, 2.75) is 31.2 Å². The summed E-state index contributed by atoms with van der Waals surface area (Å²) in [6.07, 6.45) is -0.901. The number of esters is 1. The summed E-state index contributed by atoms with van der Waals surface area (Å²) in [5.41, 5.74) is 0.577. The van der Waals surface area contributed by atoms with Crippen molar-refractivity contribution in [2.24, 2.45) is 0 Å². The Morgan fingerprint density at radius 2 is 1.47 bits per heavy atom. The van der Waals surface area contributed by atoms with Crippen molar-refractivity contribution in [2.75, 3.05) is 12.9 Å². The van der Waals surface area contributed by atoms with Crippen molar-refractivity contribution in [1.29, 1.82) is 0 Å². The van der Waals surface area contributed by atoms with Crippen LogP contribution in [0.4, 0.5) is 4.79 Å². The van der Waals surface area contributed by atoms with Crippen LogP contribution in [0.5, 0.6) is 0 Å². The number of carbonyl (C=O) groups is 2. The van der Waals surface area contributed by atoms with Gasteiger partial charge >= 0.3 is 12.1 Å². The Bertz CT molecular complexity index is 1280. The minimum absolute atomic E-state index is 0.00682. The molecule has 1 aliphatic rings. The average Bonchev–Trinajstić information content (AvgIpc) is 3.15. The Labute approximate surface area is 210 Å². The second-order valence-corrected chi connectivity index (χ2v) is 10.2. The molecule has 0 radical (unpaired) electrons. The Morgan fingerprint density at radius 1 is 0.917 bits per heavy atom. The van der Waals surface area contributed by atoms with E-state index in [4.69, 9.17) is 13.7 Å². The van der Waals surface area contributed by atoms with E-state index in [1.165, 1.54) is 4.90 Å². The van der Waals surface area contributed by atoms with Gasteiger partial charge in [-0.1, -0.05) is 91.0 Å². The highest BCUT2D eigenvalue weighted by Crippen LogP contribution is 2.43. The molecule has 8 nitrogen and oxygen atoms in total. The van der Waals surface area contributed by atoms with Gasteiger partial charge in [-0.15, -0.1) is 0 Å². The molecule has 0 bridgehead atoms. The maximum absolute atomic E-state index is 13.6. The molecular formula is C27H27NO7S. The summed E-state index contributed by atoms with van der Waals surface area (Å²) in [5.74, 6) is -0.658. The van der Waals surface area contributed by atoms with Gasteiger partial charge in [0.25, 0.3) is 10.1 Å². The molecule has 1 amide bonds. The molecule has 0 aliphatic carbocycles. The van der Waals surface area contributed by atoms with Crippen LogP contribution in [0.2, 0.25) is 0 Å². The van der Waals surface area contributed by atoms with Gasteiger partial charge in [-0.25, -0.2) is 9.59 Å². The van der Waals surface area contributed by atoms with Crippen molar-refractivity contribution in [3.05, 3.63) is 108 Å². The number of hydrogen-bond acceptors (Lipinski definition) is 7. The van der Waals surface area contributed by atoms with E-state index in [1.54, 1.807) is 24.3 Å². The summed E-state index contributed by atoms with van der Waals surface area (Å²) in [5, 5.41) is 0. The van der Waals surface area contributed by atoms with Gasteiger partial charge in [0, 0.05) is 18.4 Å². The monoisotopic (exact) mass is 509 g/mol. The first-order valence-corrected chi connectivity index (χ1v) is 13.2. The van der Waals surface area contributed by atoms with E-state index in [0.717, 1.165) is 17.4 Å². The van der Waals surface area contributed by atoms with Gasteiger partial charge in [0.05, 0.1) is 12.9 Å². The highest BCUT2D eigenvalue weighted by atomic mass is 32.2. The number of amides is 1. The first kappa shape index (κ1) is 25.4. The second-order valence-electron chi connectivity index (χ2n) is 8.55. The molecule has 1 fully saturated rings. The highest BCUT2D eigenvalue weighted by Gasteiger charge is 2.58. The van der Waals surface area contributed by atoms with Crippen molar-refractivity contribution < 1.29 is 31.7 Å². The number of rotatable bonds is 9. The standard InChI is InChI=1S/C27H27NO7S/c1-36(31,32)34-18-17-27(19-21-11-5-2-6-12-21)25(29)35-24(23-15-9-4-10-16-23)28(27)26(30)33-20-22-13-7-3-8-14-22/h2-16,24H,17-20H2,1H3/t24-,27-/m0/s1. The van der Waals surface area contributed by atoms with Crippen LogP contribution in [0.3, 0.4) is 0 Å². The molecule has 9 heteroatoms. The minimum Gasteiger partial charge on any atom is -0.444 e. The number of nitrogens with zero attached hydrogens (tertiary/aromatic N) is 1. The third-order valence-corrected chi connectivity index (χ3v) is 6.53. The summed E-state index contributed by atoms with van der Waals surface area (Å²) >= 11 is 0. The molecule has 4 rings (SSSR count). The SMILES string of the molecule is CS(=O)(=O)OCC[C@]1(Cc2ccccc2)C(=O)O[C@@H](c2ccccc2)N1C(=O)OCc1ccccc1. The summed E-state index contributed by atoms with van der Waals surface area (Å²) in [7, 11) is -3.77. The molecule has 0 saturated carbocycles. The molecule has 1 saturated heterocycles. The van der Waals surface area contributed by atoms with Crippen LogP contribution in [-0.2, 0) is 41.6 Å². The Balaban J connectivity index is 1.73. The van der Waals surface area contributed by atoms with Crippen LogP contribution >= 0.6 is 0 Å². The second kappa shape index (κ2) is 10.9. The summed E-state index contributed by atoms with van der Waals surface area (Å²) in [6, 6.07) is 27.2. The lowest BCUT2D eigenvalue weighted by molar-refractivity contribution is -0.146. The van der Waals surface area contributed by atoms with Crippen molar-refractivity contribution in [3.8, 4) is 0 Å².